The van der Waals surface area contributed by atoms with Gasteiger partial charge in [-0.1, -0.05) is 15.9 Å². The summed E-state index contributed by atoms with van der Waals surface area (Å²) < 4.78 is 62.6. The lowest BCUT2D eigenvalue weighted by atomic mass is 10.0. The predicted octanol–water partition coefficient (Wildman–Crippen LogP) is 3.43. The van der Waals surface area contributed by atoms with Crippen molar-refractivity contribution in [1.82, 2.24) is 14.6 Å². The van der Waals surface area contributed by atoms with Gasteiger partial charge in [-0.25, -0.2) is 13.1 Å². The fourth-order valence-corrected chi connectivity index (χ4v) is 4.11. The van der Waals surface area contributed by atoms with Crippen LogP contribution in [-0.4, -0.2) is 48.8 Å². The smallest absolute Gasteiger partial charge is 0.334 e. The van der Waals surface area contributed by atoms with E-state index in [9.17, 15) is 26.4 Å². The minimum Gasteiger partial charge on any atom is -0.334 e. The first kappa shape index (κ1) is 21.0. The fourth-order valence-electron chi connectivity index (χ4n) is 3.15. The Morgan fingerprint density at radius 3 is 2.75 bits per heavy atom. The summed E-state index contributed by atoms with van der Waals surface area (Å²) in [4.78, 5) is 18.6. The van der Waals surface area contributed by atoms with E-state index in [1.54, 1.807) is 16.9 Å². The molecule has 2 heterocycles. The number of benzene rings is 1. The Labute approximate surface area is 168 Å². The Balaban J connectivity index is 1.80. The number of carbonyl (C=O) groups excluding carboxylic acids is 1. The van der Waals surface area contributed by atoms with Crippen LogP contribution in [0.25, 0.3) is 10.9 Å². The standard InChI is InChI=1S/C17H17BrF3N3O3S/c18-13-4-5-15-11(8-13)7-12(9-22-15)16(25)24-6-2-1-3-14(24)10-23-28(26,27)17(19,20)21/h4-5,7-9,14,23H,1-3,6,10H2. The van der Waals surface area contributed by atoms with Crippen LogP contribution in [0.3, 0.4) is 0 Å². The topological polar surface area (TPSA) is 79.4 Å². The van der Waals surface area contributed by atoms with Crippen molar-refractivity contribution >= 4 is 42.8 Å². The zero-order chi connectivity index (χ0) is 20.5. The largest absolute Gasteiger partial charge is 0.511 e. The van der Waals surface area contributed by atoms with Crippen molar-refractivity contribution in [3.8, 4) is 0 Å². The number of nitrogens with zero attached hydrogens (tertiary/aromatic N) is 2. The minimum atomic E-state index is -5.45. The molecule has 0 aliphatic carbocycles. The maximum Gasteiger partial charge on any atom is 0.511 e. The second-order valence-corrected chi connectivity index (χ2v) is 9.18. The van der Waals surface area contributed by atoms with E-state index < -0.39 is 28.1 Å². The lowest BCUT2D eigenvalue weighted by molar-refractivity contribution is -0.0449. The highest BCUT2D eigenvalue weighted by Crippen LogP contribution is 2.25. The average molecular weight is 480 g/mol. The van der Waals surface area contributed by atoms with Gasteiger partial charge in [-0.05, 0) is 43.5 Å². The molecule has 1 saturated heterocycles. The molecule has 0 radical (unpaired) electrons. The summed E-state index contributed by atoms with van der Waals surface area (Å²) in [6, 6.07) is 6.44. The number of fused-ring (bicyclic) bond motifs is 1. The van der Waals surface area contributed by atoms with Gasteiger partial charge in [0.15, 0.2) is 0 Å². The summed E-state index contributed by atoms with van der Waals surface area (Å²) in [6.07, 6.45) is 3.23. The number of halogens is 4. The van der Waals surface area contributed by atoms with Crippen LogP contribution in [0.4, 0.5) is 13.2 Å². The Morgan fingerprint density at radius 1 is 1.29 bits per heavy atom. The molecule has 152 valence electrons. The molecule has 0 spiro atoms. The van der Waals surface area contributed by atoms with Gasteiger partial charge in [-0.3, -0.25) is 9.78 Å². The first-order chi connectivity index (χ1) is 13.1. The maximum atomic E-state index is 12.9. The number of pyridine rings is 1. The molecular weight excluding hydrogens is 463 g/mol. The molecule has 1 fully saturated rings. The van der Waals surface area contributed by atoms with E-state index in [0.717, 1.165) is 9.86 Å². The lowest BCUT2D eigenvalue weighted by Crippen LogP contribution is -2.50. The normalized spacial score (nSPS) is 18.4. The third-order valence-corrected chi connectivity index (χ3v) is 6.24. The summed E-state index contributed by atoms with van der Waals surface area (Å²) in [5, 5.41) is 0.742. The molecule has 1 aliphatic rings. The van der Waals surface area contributed by atoms with E-state index >= 15 is 0 Å². The van der Waals surface area contributed by atoms with Crippen LogP contribution in [0, 0.1) is 0 Å². The van der Waals surface area contributed by atoms with Crippen LogP contribution in [0.15, 0.2) is 34.9 Å². The minimum absolute atomic E-state index is 0.302. The van der Waals surface area contributed by atoms with E-state index in [-0.39, 0.29) is 5.91 Å². The third kappa shape index (κ3) is 4.47. The average Bonchev–Trinajstić information content (AvgIpc) is 2.64. The fraction of sp³-hybridized carbons (Fsp3) is 0.412. The van der Waals surface area contributed by atoms with E-state index in [1.165, 1.54) is 11.1 Å². The summed E-state index contributed by atoms with van der Waals surface area (Å²) in [5.41, 5.74) is -4.38. The summed E-state index contributed by atoms with van der Waals surface area (Å²) in [6.45, 7) is -0.145. The number of nitrogens with one attached hydrogen (secondary N) is 1. The molecule has 0 bridgehead atoms. The highest BCUT2D eigenvalue weighted by molar-refractivity contribution is 9.10. The number of piperidine rings is 1. The molecule has 3 rings (SSSR count). The van der Waals surface area contributed by atoms with Crippen molar-refractivity contribution in [1.29, 1.82) is 0 Å². The van der Waals surface area contributed by atoms with Crippen molar-refractivity contribution in [3.05, 3.63) is 40.5 Å². The number of hydrogen-bond acceptors (Lipinski definition) is 4. The molecular formula is C17H17BrF3N3O3S. The first-order valence-corrected chi connectivity index (χ1v) is 10.8. The van der Waals surface area contributed by atoms with Crippen LogP contribution in [0.2, 0.25) is 0 Å². The van der Waals surface area contributed by atoms with Gasteiger partial charge in [0, 0.05) is 35.2 Å². The van der Waals surface area contributed by atoms with Crippen molar-refractivity contribution in [2.45, 2.75) is 30.8 Å². The molecule has 1 aromatic heterocycles. The molecule has 1 aliphatic heterocycles. The number of rotatable bonds is 4. The third-order valence-electron chi connectivity index (χ3n) is 4.59. The van der Waals surface area contributed by atoms with Crippen LogP contribution < -0.4 is 4.72 Å². The number of hydrogen-bond donors (Lipinski definition) is 1. The van der Waals surface area contributed by atoms with Crippen LogP contribution in [-0.2, 0) is 10.0 Å². The molecule has 0 saturated carbocycles. The van der Waals surface area contributed by atoms with E-state index in [4.69, 9.17) is 0 Å². The zero-order valence-electron chi connectivity index (χ0n) is 14.5. The van der Waals surface area contributed by atoms with Gasteiger partial charge in [0.1, 0.15) is 0 Å². The molecule has 1 amide bonds. The van der Waals surface area contributed by atoms with Gasteiger partial charge < -0.3 is 4.90 Å². The SMILES string of the molecule is O=C(c1cnc2ccc(Br)cc2c1)N1CCCCC1CNS(=O)(=O)C(F)(F)F. The van der Waals surface area contributed by atoms with Crippen molar-refractivity contribution in [2.75, 3.05) is 13.1 Å². The van der Waals surface area contributed by atoms with Gasteiger partial charge in [0.25, 0.3) is 5.91 Å². The molecule has 1 unspecified atom stereocenters. The van der Waals surface area contributed by atoms with Gasteiger partial charge in [-0.15, -0.1) is 0 Å². The Kier molecular flexibility index (Phi) is 5.97. The Morgan fingerprint density at radius 2 is 2.04 bits per heavy atom. The Hall–Kier alpha value is -1.72. The Bertz CT molecular complexity index is 998. The van der Waals surface area contributed by atoms with E-state index in [0.29, 0.717) is 36.9 Å². The predicted molar refractivity (Wildman–Crippen MR) is 101 cm³/mol. The monoisotopic (exact) mass is 479 g/mol. The first-order valence-electron chi connectivity index (χ1n) is 8.51. The molecule has 11 heteroatoms. The second-order valence-electron chi connectivity index (χ2n) is 6.51. The van der Waals surface area contributed by atoms with Crippen molar-refractivity contribution < 1.29 is 26.4 Å². The highest BCUT2D eigenvalue weighted by Gasteiger charge is 2.46. The number of alkyl halides is 3. The molecule has 1 aromatic carbocycles. The second kappa shape index (κ2) is 7.96. The van der Waals surface area contributed by atoms with Crippen LogP contribution in [0.1, 0.15) is 29.6 Å². The van der Waals surface area contributed by atoms with Gasteiger partial charge >= 0.3 is 15.5 Å². The zero-order valence-corrected chi connectivity index (χ0v) is 16.9. The van der Waals surface area contributed by atoms with Crippen LogP contribution in [0.5, 0.6) is 0 Å². The van der Waals surface area contributed by atoms with Crippen molar-refractivity contribution in [3.63, 3.8) is 0 Å². The summed E-state index contributed by atoms with van der Waals surface area (Å²) in [7, 11) is -5.45. The van der Waals surface area contributed by atoms with Gasteiger partial charge in [-0.2, -0.15) is 13.2 Å². The summed E-state index contributed by atoms with van der Waals surface area (Å²) >= 11 is 3.36. The number of likely N-dealkylation sites (tertiary alicyclic amines) is 1. The lowest BCUT2D eigenvalue weighted by Gasteiger charge is -2.36. The van der Waals surface area contributed by atoms with E-state index in [2.05, 4.69) is 20.9 Å². The summed E-state index contributed by atoms with van der Waals surface area (Å²) in [5.74, 6) is -0.384. The van der Waals surface area contributed by atoms with Gasteiger partial charge in [0.05, 0.1) is 11.1 Å². The molecule has 2 aromatic rings. The highest BCUT2D eigenvalue weighted by atomic mass is 79.9. The number of carbonyl (C=O) groups is 1. The molecule has 1 atom stereocenters. The van der Waals surface area contributed by atoms with Crippen molar-refractivity contribution in [2.24, 2.45) is 0 Å². The molecule has 1 N–H and O–H groups in total. The van der Waals surface area contributed by atoms with Crippen LogP contribution >= 0.6 is 15.9 Å². The van der Waals surface area contributed by atoms with Gasteiger partial charge in [0.2, 0.25) is 0 Å². The quantitative estimate of drug-likeness (QED) is 0.728. The number of sulfonamides is 1. The molecule has 6 nitrogen and oxygen atoms in total. The molecule has 28 heavy (non-hydrogen) atoms. The number of amides is 1. The van der Waals surface area contributed by atoms with E-state index in [1.807, 2.05) is 12.1 Å². The maximum absolute atomic E-state index is 12.9. The number of aromatic nitrogens is 1.